The number of fused-ring (bicyclic) bond motifs is 1. The average Bonchev–Trinajstić information content (AvgIpc) is 2.54. The third-order valence-electron chi connectivity index (χ3n) is 3.76. The van der Waals surface area contributed by atoms with Crippen molar-refractivity contribution in [2.75, 3.05) is 0 Å². The molecule has 0 amide bonds. The van der Waals surface area contributed by atoms with E-state index in [1.165, 1.54) is 6.08 Å². The van der Waals surface area contributed by atoms with Crippen molar-refractivity contribution < 1.29 is 9.21 Å². The van der Waals surface area contributed by atoms with Gasteiger partial charge in [0.2, 0.25) is 0 Å². The molecule has 0 aliphatic heterocycles. The molecule has 23 heavy (non-hydrogen) atoms. The highest BCUT2D eigenvalue weighted by Gasteiger charge is 2.11. The maximum atomic E-state index is 12.3. The minimum atomic E-state index is -0.612. The van der Waals surface area contributed by atoms with Gasteiger partial charge in [-0.2, -0.15) is 0 Å². The van der Waals surface area contributed by atoms with E-state index in [4.69, 9.17) is 4.42 Å². The van der Waals surface area contributed by atoms with Gasteiger partial charge in [-0.05, 0) is 43.2 Å². The lowest BCUT2D eigenvalue weighted by atomic mass is 10.0. The number of rotatable bonds is 3. The monoisotopic (exact) mass is 304 g/mol. The van der Waals surface area contributed by atoms with Gasteiger partial charge < -0.3 is 4.42 Å². The Labute approximate surface area is 133 Å². The van der Waals surface area contributed by atoms with Crippen molar-refractivity contribution in [1.29, 1.82) is 0 Å². The molecule has 3 rings (SSSR count). The van der Waals surface area contributed by atoms with Crippen LogP contribution in [-0.2, 0) is 0 Å². The van der Waals surface area contributed by atoms with Crippen molar-refractivity contribution in [2.24, 2.45) is 0 Å². The first-order valence-corrected chi connectivity index (χ1v) is 7.37. The fourth-order valence-electron chi connectivity index (χ4n) is 2.43. The second-order valence-electron chi connectivity index (χ2n) is 5.54. The molecule has 0 aliphatic rings. The van der Waals surface area contributed by atoms with Crippen molar-refractivity contribution >= 4 is 22.8 Å². The van der Waals surface area contributed by atoms with E-state index >= 15 is 0 Å². The first kappa shape index (κ1) is 15.0. The third kappa shape index (κ3) is 3.14. The van der Waals surface area contributed by atoms with Crippen LogP contribution in [0.2, 0.25) is 0 Å². The maximum absolute atomic E-state index is 12.3. The van der Waals surface area contributed by atoms with Crippen LogP contribution < -0.4 is 5.63 Å². The summed E-state index contributed by atoms with van der Waals surface area (Å²) in [6.07, 6.45) is 3.15. The van der Waals surface area contributed by atoms with E-state index < -0.39 is 5.63 Å². The van der Waals surface area contributed by atoms with Crippen molar-refractivity contribution in [3.05, 3.63) is 87.3 Å². The van der Waals surface area contributed by atoms with Crippen LogP contribution in [0.15, 0.2) is 63.8 Å². The molecule has 0 unspecified atom stereocenters. The summed E-state index contributed by atoms with van der Waals surface area (Å²) in [6.45, 7) is 3.98. The van der Waals surface area contributed by atoms with Gasteiger partial charge in [-0.15, -0.1) is 0 Å². The van der Waals surface area contributed by atoms with Gasteiger partial charge in [-0.25, -0.2) is 4.79 Å². The Balaban J connectivity index is 1.97. The SMILES string of the molecule is Cc1ccc(C)c(C=CC(=O)c2cc3ccccc3oc2=O)c1. The van der Waals surface area contributed by atoms with Crippen molar-refractivity contribution in [3.63, 3.8) is 0 Å². The molecule has 3 aromatic rings. The molecule has 0 bridgehead atoms. The van der Waals surface area contributed by atoms with Gasteiger partial charge in [0.15, 0.2) is 5.78 Å². The van der Waals surface area contributed by atoms with E-state index in [0.717, 1.165) is 22.1 Å². The summed E-state index contributed by atoms with van der Waals surface area (Å²) in [6, 6.07) is 14.7. The lowest BCUT2D eigenvalue weighted by molar-refractivity contribution is 0.104. The Morgan fingerprint density at radius 2 is 1.83 bits per heavy atom. The Hall–Kier alpha value is -2.94. The molecular weight excluding hydrogens is 288 g/mol. The van der Waals surface area contributed by atoms with Crippen molar-refractivity contribution in [3.8, 4) is 0 Å². The number of aryl methyl sites for hydroxylation is 2. The number of allylic oxidation sites excluding steroid dienone is 1. The molecule has 0 atom stereocenters. The summed E-state index contributed by atoms with van der Waals surface area (Å²) in [5, 5.41) is 0.732. The number of carbonyl (C=O) groups excluding carboxylic acids is 1. The van der Waals surface area contributed by atoms with E-state index in [0.29, 0.717) is 5.58 Å². The number of carbonyl (C=O) groups is 1. The van der Waals surface area contributed by atoms with E-state index in [-0.39, 0.29) is 11.3 Å². The highest BCUT2D eigenvalue weighted by molar-refractivity contribution is 6.07. The average molecular weight is 304 g/mol. The van der Waals surface area contributed by atoms with Gasteiger partial charge in [0, 0.05) is 5.39 Å². The van der Waals surface area contributed by atoms with Crippen molar-refractivity contribution in [2.45, 2.75) is 13.8 Å². The quantitative estimate of drug-likeness (QED) is 0.411. The van der Waals surface area contributed by atoms with E-state index in [2.05, 4.69) is 0 Å². The zero-order valence-corrected chi connectivity index (χ0v) is 13.0. The standard InChI is InChI=1S/C20H16O3/c1-13-7-8-14(2)15(11-13)9-10-18(21)17-12-16-5-3-4-6-19(16)23-20(17)22/h3-12H,1-2H3. The van der Waals surface area contributed by atoms with Gasteiger partial charge in [0.05, 0.1) is 0 Å². The number of hydrogen-bond donors (Lipinski definition) is 0. The van der Waals surface area contributed by atoms with Crippen molar-refractivity contribution in [1.82, 2.24) is 0 Å². The smallest absolute Gasteiger partial charge is 0.347 e. The zero-order chi connectivity index (χ0) is 16.4. The van der Waals surface area contributed by atoms with Crippen LogP contribution in [0.25, 0.3) is 17.0 Å². The summed E-state index contributed by atoms with van der Waals surface area (Å²) in [5.41, 5.74) is 3.07. The maximum Gasteiger partial charge on any atom is 0.347 e. The Bertz CT molecular complexity index is 978. The molecule has 1 heterocycles. The first-order chi connectivity index (χ1) is 11.0. The fourth-order valence-corrected chi connectivity index (χ4v) is 2.43. The second kappa shape index (κ2) is 6.05. The first-order valence-electron chi connectivity index (χ1n) is 7.37. The second-order valence-corrected chi connectivity index (χ2v) is 5.54. The van der Waals surface area contributed by atoms with E-state index in [9.17, 15) is 9.59 Å². The molecule has 0 saturated heterocycles. The molecule has 2 aromatic carbocycles. The van der Waals surface area contributed by atoms with Crippen LogP contribution in [0.4, 0.5) is 0 Å². The van der Waals surface area contributed by atoms with Crippen LogP contribution in [0, 0.1) is 13.8 Å². The van der Waals surface area contributed by atoms with Crippen LogP contribution in [0.3, 0.4) is 0 Å². The normalized spacial score (nSPS) is 11.2. The number of benzene rings is 2. The van der Waals surface area contributed by atoms with Gasteiger partial charge in [0.25, 0.3) is 0 Å². The van der Waals surface area contributed by atoms with Gasteiger partial charge in [-0.3, -0.25) is 4.79 Å². The Kier molecular flexibility index (Phi) is 3.94. The summed E-state index contributed by atoms with van der Waals surface area (Å²) in [4.78, 5) is 24.3. The highest BCUT2D eigenvalue weighted by Crippen LogP contribution is 2.15. The summed E-state index contributed by atoms with van der Waals surface area (Å²) in [5.74, 6) is -0.356. The lowest BCUT2D eigenvalue weighted by Gasteiger charge is -2.02. The number of para-hydroxylation sites is 1. The minimum Gasteiger partial charge on any atom is -0.422 e. The molecule has 0 fully saturated rings. The summed E-state index contributed by atoms with van der Waals surface area (Å²) >= 11 is 0. The van der Waals surface area contributed by atoms with Gasteiger partial charge in [0.1, 0.15) is 11.1 Å². The van der Waals surface area contributed by atoms with Gasteiger partial charge in [-0.1, -0.05) is 48.0 Å². The molecule has 3 nitrogen and oxygen atoms in total. The van der Waals surface area contributed by atoms with Gasteiger partial charge >= 0.3 is 5.63 Å². The minimum absolute atomic E-state index is 0.0465. The third-order valence-corrected chi connectivity index (χ3v) is 3.76. The largest absolute Gasteiger partial charge is 0.422 e. The zero-order valence-electron chi connectivity index (χ0n) is 13.0. The summed E-state index contributed by atoms with van der Waals surface area (Å²) < 4.78 is 5.20. The van der Waals surface area contributed by atoms with Crippen LogP contribution in [0.5, 0.6) is 0 Å². The lowest BCUT2D eigenvalue weighted by Crippen LogP contribution is -2.11. The fraction of sp³-hybridized carbons (Fsp3) is 0.100. The number of hydrogen-bond acceptors (Lipinski definition) is 3. The van der Waals surface area contributed by atoms with E-state index in [1.807, 2.05) is 44.2 Å². The predicted octanol–water partition coefficient (Wildman–Crippen LogP) is 4.31. The molecular formula is C20H16O3. The summed E-state index contributed by atoms with van der Waals surface area (Å²) in [7, 11) is 0. The molecule has 114 valence electrons. The van der Waals surface area contributed by atoms with Crippen LogP contribution in [-0.4, -0.2) is 5.78 Å². The highest BCUT2D eigenvalue weighted by atomic mass is 16.4. The molecule has 0 radical (unpaired) electrons. The molecule has 0 spiro atoms. The Morgan fingerprint density at radius 1 is 1.04 bits per heavy atom. The molecule has 0 saturated carbocycles. The molecule has 3 heteroatoms. The van der Waals surface area contributed by atoms with E-state index in [1.54, 1.807) is 24.3 Å². The van der Waals surface area contributed by atoms with Crippen LogP contribution in [0.1, 0.15) is 27.0 Å². The Morgan fingerprint density at radius 3 is 2.65 bits per heavy atom. The topological polar surface area (TPSA) is 47.3 Å². The number of ketones is 1. The molecule has 1 aromatic heterocycles. The molecule has 0 N–H and O–H groups in total. The molecule has 0 aliphatic carbocycles. The van der Waals surface area contributed by atoms with Crippen LogP contribution >= 0.6 is 0 Å². The predicted molar refractivity (Wildman–Crippen MR) is 91.8 cm³/mol.